The van der Waals surface area contributed by atoms with Crippen LogP contribution in [0, 0.1) is 4.64 Å². The lowest BCUT2D eigenvalue weighted by molar-refractivity contribution is 0.853. The van der Waals surface area contributed by atoms with Crippen LogP contribution in [-0.2, 0) is 6.42 Å². The standard InChI is InChI=1S/C15H15N3S/c1-2-6-12-9-15(19)18-14(16-12)10-13(17-18)11-7-4-3-5-8-11/h3-5,7-10,17H,2,6H2,1H3. The van der Waals surface area contributed by atoms with Gasteiger partial charge in [0.2, 0.25) is 0 Å². The first-order chi connectivity index (χ1) is 9.28. The highest BCUT2D eigenvalue weighted by Gasteiger charge is 2.05. The van der Waals surface area contributed by atoms with E-state index in [-0.39, 0.29) is 0 Å². The minimum absolute atomic E-state index is 0.774. The summed E-state index contributed by atoms with van der Waals surface area (Å²) in [5.74, 6) is 0. The number of nitrogens with zero attached hydrogens (tertiary/aromatic N) is 2. The number of aryl methyl sites for hydroxylation is 1. The van der Waals surface area contributed by atoms with E-state index < -0.39 is 0 Å². The van der Waals surface area contributed by atoms with Gasteiger partial charge in [-0.1, -0.05) is 55.9 Å². The number of aromatic nitrogens is 3. The normalized spacial score (nSPS) is 11.0. The molecule has 2 aromatic heterocycles. The van der Waals surface area contributed by atoms with Crippen LogP contribution in [0.3, 0.4) is 0 Å². The van der Waals surface area contributed by atoms with Gasteiger partial charge in [0.1, 0.15) is 4.64 Å². The van der Waals surface area contributed by atoms with Crippen LogP contribution in [0.1, 0.15) is 19.0 Å². The maximum atomic E-state index is 5.41. The van der Waals surface area contributed by atoms with Gasteiger partial charge in [-0.2, -0.15) is 0 Å². The van der Waals surface area contributed by atoms with Gasteiger partial charge in [-0.15, -0.1) is 0 Å². The number of hydrogen-bond donors (Lipinski definition) is 1. The molecule has 2 heterocycles. The first-order valence-corrected chi connectivity index (χ1v) is 6.86. The number of benzene rings is 1. The number of nitrogens with one attached hydrogen (secondary N) is 1. The third kappa shape index (κ3) is 2.31. The van der Waals surface area contributed by atoms with Gasteiger partial charge in [-0.3, -0.25) is 5.10 Å². The number of rotatable bonds is 3. The van der Waals surface area contributed by atoms with Crippen LogP contribution in [0.15, 0.2) is 42.5 Å². The highest BCUT2D eigenvalue weighted by atomic mass is 32.1. The minimum atomic E-state index is 0.774. The number of H-pyrrole nitrogens is 1. The van der Waals surface area contributed by atoms with Crippen LogP contribution in [-0.4, -0.2) is 14.6 Å². The molecule has 0 aliphatic rings. The molecule has 1 aromatic carbocycles. The van der Waals surface area contributed by atoms with Crippen LogP contribution in [0.2, 0.25) is 0 Å². The quantitative estimate of drug-likeness (QED) is 0.729. The van der Waals surface area contributed by atoms with Gasteiger partial charge >= 0.3 is 0 Å². The first kappa shape index (κ1) is 12.1. The fraction of sp³-hybridized carbons (Fsp3) is 0.200. The molecule has 4 heteroatoms. The third-order valence-electron chi connectivity index (χ3n) is 3.09. The molecule has 0 bridgehead atoms. The maximum Gasteiger partial charge on any atom is 0.155 e. The first-order valence-electron chi connectivity index (χ1n) is 6.45. The Balaban J connectivity index is 2.16. The van der Waals surface area contributed by atoms with Crippen molar-refractivity contribution in [2.75, 3.05) is 0 Å². The summed E-state index contributed by atoms with van der Waals surface area (Å²) in [5, 5.41) is 3.30. The Morgan fingerprint density at radius 1 is 1.21 bits per heavy atom. The molecule has 0 amide bonds. The van der Waals surface area contributed by atoms with Crippen molar-refractivity contribution in [3.8, 4) is 11.3 Å². The number of hydrogen-bond acceptors (Lipinski definition) is 2. The summed E-state index contributed by atoms with van der Waals surface area (Å²) in [6.45, 7) is 2.15. The van der Waals surface area contributed by atoms with Gasteiger partial charge in [0.25, 0.3) is 0 Å². The molecule has 0 fully saturated rings. The number of aromatic amines is 1. The van der Waals surface area contributed by atoms with E-state index in [1.807, 2.05) is 34.8 Å². The van der Waals surface area contributed by atoms with E-state index in [0.717, 1.165) is 40.1 Å². The molecule has 0 aliphatic heterocycles. The molecule has 0 spiro atoms. The van der Waals surface area contributed by atoms with Crippen molar-refractivity contribution in [3.63, 3.8) is 0 Å². The van der Waals surface area contributed by atoms with Crippen LogP contribution in [0.5, 0.6) is 0 Å². The number of fused-ring (bicyclic) bond motifs is 1. The Labute approximate surface area is 116 Å². The molecule has 0 radical (unpaired) electrons. The Morgan fingerprint density at radius 3 is 2.74 bits per heavy atom. The average Bonchev–Trinajstić information content (AvgIpc) is 2.85. The molecule has 19 heavy (non-hydrogen) atoms. The SMILES string of the molecule is CCCc1cc(=S)n2[nH]c(-c3ccccc3)cc2n1. The van der Waals surface area contributed by atoms with Crippen LogP contribution in [0.25, 0.3) is 16.9 Å². The summed E-state index contributed by atoms with van der Waals surface area (Å²) in [6, 6.07) is 14.2. The van der Waals surface area contributed by atoms with Crippen molar-refractivity contribution < 1.29 is 0 Å². The third-order valence-corrected chi connectivity index (χ3v) is 3.39. The van der Waals surface area contributed by atoms with Crippen molar-refractivity contribution in [1.29, 1.82) is 0 Å². The molecule has 0 aliphatic carbocycles. The predicted molar refractivity (Wildman–Crippen MR) is 79.8 cm³/mol. The van der Waals surface area contributed by atoms with Crippen LogP contribution >= 0.6 is 12.2 Å². The van der Waals surface area contributed by atoms with E-state index in [0.29, 0.717) is 0 Å². The summed E-state index contributed by atoms with van der Waals surface area (Å²) in [5.41, 5.74) is 4.12. The molecule has 96 valence electrons. The monoisotopic (exact) mass is 269 g/mol. The predicted octanol–water partition coefficient (Wildman–Crippen LogP) is 4.01. The topological polar surface area (TPSA) is 33.1 Å². The van der Waals surface area contributed by atoms with E-state index in [2.05, 4.69) is 29.1 Å². The van der Waals surface area contributed by atoms with Gasteiger partial charge in [-0.05, 0) is 18.1 Å². The molecule has 0 saturated heterocycles. The molecule has 3 aromatic rings. The van der Waals surface area contributed by atoms with E-state index in [1.165, 1.54) is 0 Å². The van der Waals surface area contributed by atoms with E-state index >= 15 is 0 Å². The maximum absolute atomic E-state index is 5.41. The second-order valence-electron chi connectivity index (χ2n) is 4.57. The molecule has 3 nitrogen and oxygen atoms in total. The zero-order valence-corrected chi connectivity index (χ0v) is 11.6. The van der Waals surface area contributed by atoms with E-state index in [1.54, 1.807) is 0 Å². The van der Waals surface area contributed by atoms with E-state index in [4.69, 9.17) is 12.2 Å². The zero-order valence-electron chi connectivity index (χ0n) is 10.8. The van der Waals surface area contributed by atoms with Gasteiger partial charge < -0.3 is 0 Å². The molecular formula is C15H15N3S. The van der Waals surface area contributed by atoms with Crippen molar-refractivity contribution in [3.05, 3.63) is 52.8 Å². The zero-order chi connectivity index (χ0) is 13.2. The molecule has 0 unspecified atom stereocenters. The lowest BCUT2D eigenvalue weighted by atomic mass is 10.2. The van der Waals surface area contributed by atoms with Crippen molar-refractivity contribution in [2.45, 2.75) is 19.8 Å². The Hall–Kier alpha value is -1.94. The molecule has 0 atom stereocenters. The average molecular weight is 269 g/mol. The fourth-order valence-electron chi connectivity index (χ4n) is 2.19. The summed E-state index contributed by atoms with van der Waals surface area (Å²) in [4.78, 5) is 4.64. The fourth-order valence-corrected chi connectivity index (χ4v) is 2.47. The smallest absolute Gasteiger partial charge is 0.155 e. The second-order valence-corrected chi connectivity index (χ2v) is 4.98. The second kappa shape index (κ2) is 4.97. The molecule has 0 saturated carbocycles. The minimum Gasteiger partial charge on any atom is -0.291 e. The highest BCUT2D eigenvalue weighted by Crippen LogP contribution is 2.19. The Morgan fingerprint density at radius 2 is 2.00 bits per heavy atom. The summed E-state index contributed by atoms with van der Waals surface area (Å²) >= 11 is 5.41. The van der Waals surface area contributed by atoms with Crippen molar-refractivity contribution in [1.82, 2.24) is 14.6 Å². The molecule has 1 N–H and O–H groups in total. The van der Waals surface area contributed by atoms with E-state index in [9.17, 15) is 0 Å². The lowest BCUT2D eigenvalue weighted by Gasteiger charge is -1.99. The highest BCUT2D eigenvalue weighted by molar-refractivity contribution is 7.71. The summed E-state index contributed by atoms with van der Waals surface area (Å²) < 4.78 is 2.63. The van der Waals surface area contributed by atoms with Crippen LogP contribution in [0.4, 0.5) is 0 Å². The van der Waals surface area contributed by atoms with Crippen molar-refractivity contribution in [2.24, 2.45) is 0 Å². The van der Waals surface area contributed by atoms with Crippen molar-refractivity contribution >= 4 is 17.9 Å². The molecule has 3 rings (SSSR count). The van der Waals surface area contributed by atoms with Crippen LogP contribution < -0.4 is 0 Å². The van der Waals surface area contributed by atoms with Gasteiger partial charge in [0.15, 0.2) is 5.65 Å². The molecular weight excluding hydrogens is 254 g/mol. The lowest BCUT2D eigenvalue weighted by Crippen LogP contribution is -1.96. The van der Waals surface area contributed by atoms with Gasteiger partial charge in [0, 0.05) is 11.8 Å². The largest absolute Gasteiger partial charge is 0.291 e. The Kier molecular flexibility index (Phi) is 3.17. The van der Waals surface area contributed by atoms with Gasteiger partial charge in [-0.25, -0.2) is 9.50 Å². The van der Waals surface area contributed by atoms with Gasteiger partial charge in [0.05, 0.1) is 5.69 Å². The summed E-state index contributed by atoms with van der Waals surface area (Å²) in [6.07, 6.45) is 2.04. The Bertz CT molecular complexity index is 756. The summed E-state index contributed by atoms with van der Waals surface area (Å²) in [7, 11) is 0.